The molecule has 4 nitrogen and oxygen atoms in total. The monoisotopic (exact) mass is 128 g/mol. The summed E-state index contributed by atoms with van der Waals surface area (Å²) in [7, 11) is 0.0833. The Balaban J connectivity index is 0. The summed E-state index contributed by atoms with van der Waals surface area (Å²) in [5.41, 5.74) is 0. The molecule has 0 aromatic heterocycles. The second-order valence-electron chi connectivity index (χ2n) is 0.515. The van der Waals surface area contributed by atoms with Crippen LogP contribution in [0.15, 0.2) is 0 Å². The molecule has 0 saturated heterocycles. The van der Waals surface area contributed by atoms with Gasteiger partial charge in [-0.1, -0.05) is 0 Å². The molecule has 0 spiro atoms. The van der Waals surface area contributed by atoms with Crippen LogP contribution in [0.2, 0.25) is 0 Å². The van der Waals surface area contributed by atoms with Gasteiger partial charge in [-0.15, -0.1) is 0 Å². The van der Waals surface area contributed by atoms with Crippen molar-refractivity contribution < 1.29 is 17.4 Å². The molecular formula is CH3FNO3S. The number of halogens is 1. The molecule has 0 atom stereocenters. The minimum Gasteiger partial charge on any atom is -0.274 e. The molecule has 7 heavy (non-hydrogen) atoms. The highest BCUT2D eigenvalue weighted by Crippen LogP contribution is 1.50. The van der Waals surface area contributed by atoms with Crippen molar-refractivity contribution in [2.75, 3.05) is 0 Å². The predicted octanol–water partition coefficient (Wildman–Crippen LogP) is -0.751. The maximum atomic E-state index is 8.97. The van der Waals surface area contributed by atoms with Gasteiger partial charge >= 0.3 is 10.3 Å². The molecule has 0 fully saturated rings. The lowest BCUT2D eigenvalue weighted by molar-refractivity contribution is 0.485. The first-order valence-electron chi connectivity index (χ1n) is 0.941. The van der Waals surface area contributed by atoms with Gasteiger partial charge in [-0.2, -0.15) is 8.42 Å². The molecule has 0 rings (SSSR count). The smallest absolute Gasteiger partial charge is 0.274 e. The molecule has 3 radical (unpaired) electrons. The highest BCUT2D eigenvalue weighted by Gasteiger charge is 1.81. The summed E-state index contributed by atoms with van der Waals surface area (Å²) >= 11 is 0. The lowest BCUT2D eigenvalue weighted by atomic mass is 11.9. The first kappa shape index (κ1) is 9.93. The van der Waals surface area contributed by atoms with Crippen LogP contribution in [-0.4, -0.2) is 13.0 Å². The second kappa shape index (κ2) is 3.97. The summed E-state index contributed by atoms with van der Waals surface area (Å²) in [6.07, 6.45) is 0. The summed E-state index contributed by atoms with van der Waals surface area (Å²) in [6, 6.07) is 0. The normalized spacial score (nSPS) is 9.14. The molecule has 0 aliphatic carbocycles. The fraction of sp³-hybridized carbons (Fsp3) is 0. The minimum atomic E-state index is -4.17. The molecule has 0 bridgehead atoms. The van der Waals surface area contributed by atoms with E-state index in [4.69, 9.17) is 17.4 Å². The molecule has 43 valence electrons. The van der Waals surface area contributed by atoms with Gasteiger partial charge < -0.3 is 0 Å². The van der Waals surface area contributed by atoms with E-state index in [0.717, 1.165) is 0 Å². The highest BCUT2D eigenvalue weighted by molar-refractivity contribution is 7.83. The quantitative estimate of drug-likeness (QED) is 0.421. The molecule has 0 aliphatic rings. The van der Waals surface area contributed by atoms with Crippen molar-refractivity contribution in [3.8, 4) is 0 Å². The van der Waals surface area contributed by atoms with Crippen LogP contribution in [0.1, 0.15) is 0 Å². The summed E-state index contributed by atoms with van der Waals surface area (Å²) < 4.78 is 34.0. The van der Waals surface area contributed by atoms with Crippen molar-refractivity contribution in [3.63, 3.8) is 0 Å². The lowest BCUT2D eigenvalue weighted by Gasteiger charge is -1.70. The standard InChI is InChI=1S/CF.H3NO3S/c1-2;1-5(2,3)4/h;(H3,1,2,3,4). The predicted molar refractivity (Wildman–Crippen MR) is 20.1 cm³/mol. The van der Waals surface area contributed by atoms with E-state index in [0.29, 0.717) is 0 Å². The number of hydrogen-bond acceptors (Lipinski definition) is 2. The minimum absolute atomic E-state index is 3.88. The summed E-state index contributed by atoms with van der Waals surface area (Å²) in [5, 5.41) is 3.88. The fourth-order valence-corrected chi connectivity index (χ4v) is 0. The molecule has 0 saturated carbocycles. The van der Waals surface area contributed by atoms with Gasteiger partial charge in [0, 0.05) is 0 Å². The zero-order valence-corrected chi connectivity index (χ0v) is 3.94. The third-order valence-electron chi connectivity index (χ3n) is 0. The zero-order valence-electron chi connectivity index (χ0n) is 3.13. The van der Waals surface area contributed by atoms with E-state index in [1.807, 2.05) is 0 Å². The Kier molecular flexibility index (Phi) is 5.63. The van der Waals surface area contributed by atoms with Gasteiger partial charge in [-0.05, 0) is 0 Å². The molecule has 0 aromatic rings. The van der Waals surface area contributed by atoms with Gasteiger partial charge in [0.15, 0.2) is 0 Å². The Labute approximate surface area is 41.0 Å². The van der Waals surface area contributed by atoms with E-state index in [1.165, 1.54) is 0 Å². The Morgan fingerprint density at radius 1 is 1.57 bits per heavy atom. The molecule has 0 heterocycles. The van der Waals surface area contributed by atoms with E-state index < -0.39 is 10.3 Å². The van der Waals surface area contributed by atoms with Crippen LogP contribution >= 0.6 is 0 Å². The highest BCUT2D eigenvalue weighted by atomic mass is 32.2. The van der Waals surface area contributed by atoms with E-state index in [1.54, 1.807) is 0 Å². The topological polar surface area (TPSA) is 80.4 Å². The van der Waals surface area contributed by atoms with Crippen LogP contribution in [-0.2, 0) is 10.3 Å². The van der Waals surface area contributed by atoms with E-state index in [-0.39, 0.29) is 0 Å². The third kappa shape index (κ3) is 2090. The molecular weight excluding hydrogens is 125 g/mol. The average Bonchev–Trinajstić information content (AvgIpc) is 1.36. The molecule has 6 heteroatoms. The van der Waals surface area contributed by atoms with E-state index >= 15 is 0 Å². The average molecular weight is 128 g/mol. The Morgan fingerprint density at radius 3 is 1.57 bits per heavy atom. The van der Waals surface area contributed by atoms with Crippen molar-refractivity contribution in [1.82, 2.24) is 0 Å². The summed E-state index contributed by atoms with van der Waals surface area (Å²) in [6.45, 7) is 0. The Bertz CT molecular complexity index is 98.1. The van der Waals surface area contributed by atoms with Crippen molar-refractivity contribution in [2.24, 2.45) is 5.14 Å². The van der Waals surface area contributed by atoms with Crippen LogP contribution < -0.4 is 5.14 Å². The first-order chi connectivity index (χ1) is 3.00. The van der Waals surface area contributed by atoms with Gasteiger partial charge in [0.25, 0.3) is 0 Å². The van der Waals surface area contributed by atoms with Crippen molar-refractivity contribution in [2.45, 2.75) is 0 Å². The Morgan fingerprint density at radius 2 is 1.57 bits per heavy atom. The van der Waals surface area contributed by atoms with Crippen molar-refractivity contribution in [3.05, 3.63) is 7.18 Å². The summed E-state index contributed by atoms with van der Waals surface area (Å²) in [5.74, 6) is 0. The van der Waals surface area contributed by atoms with Crippen LogP contribution in [0.3, 0.4) is 0 Å². The zero-order chi connectivity index (χ0) is 6.50. The third-order valence-corrected chi connectivity index (χ3v) is 0. The fourth-order valence-electron chi connectivity index (χ4n) is 0. The largest absolute Gasteiger partial charge is 0.330 e. The molecule has 0 aliphatic heterocycles. The first-order valence-corrected chi connectivity index (χ1v) is 2.44. The van der Waals surface area contributed by atoms with Crippen LogP contribution in [0.25, 0.3) is 0 Å². The van der Waals surface area contributed by atoms with Gasteiger partial charge in [0.1, 0.15) is 0 Å². The molecule has 0 amide bonds. The van der Waals surface area contributed by atoms with Crippen LogP contribution in [0.5, 0.6) is 0 Å². The van der Waals surface area contributed by atoms with Crippen molar-refractivity contribution in [1.29, 1.82) is 0 Å². The SMILES string of the molecule is NS(=O)(=O)O.[C]F. The maximum Gasteiger partial charge on any atom is 0.330 e. The van der Waals surface area contributed by atoms with Gasteiger partial charge in [-0.25, -0.2) is 9.53 Å². The number of hydrogen-bond donors (Lipinski definition) is 2. The molecule has 3 N–H and O–H groups in total. The van der Waals surface area contributed by atoms with Gasteiger partial charge in [0.05, 0.1) is 0 Å². The molecule has 0 aromatic carbocycles. The van der Waals surface area contributed by atoms with E-state index in [2.05, 4.69) is 12.3 Å². The lowest BCUT2D eigenvalue weighted by Crippen LogP contribution is -2.08. The van der Waals surface area contributed by atoms with E-state index in [9.17, 15) is 0 Å². The van der Waals surface area contributed by atoms with Crippen molar-refractivity contribution >= 4 is 10.3 Å². The maximum absolute atomic E-state index is 8.97. The van der Waals surface area contributed by atoms with Gasteiger partial charge in [0.2, 0.25) is 7.18 Å². The number of nitrogens with two attached hydrogens (primary N) is 1. The number of rotatable bonds is 0. The van der Waals surface area contributed by atoms with Crippen LogP contribution in [0, 0.1) is 7.18 Å². The molecule has 0 unspecified atom stereocenters. The van der Waals surface area contributed by atoms with Gasteiger partial charge in [-0.3, -0.25) is 4.55 Å². The Hall–Kier alpha value is -0.200. The summed E-state index contributed by atoms with van der Waals surface area (Å²) in [4.78, 5) is 0. The second-order valence-corrected chi connectivity index (χ2v) is 1.54. The van der Waals surface area contributed by atoms with Crippen LogP contribution in [0.4, 0.5) is 4.39 Å².